The van der Waals surface area contributed by atoms with Gasteiger partial charge in [0.2, 0.25) is 0 Å². The lowest BCUT2D eigenvalue weighted by molar-refractivity contribution is 0.207. The van der Waals surface area contributed by atoms with Gasteiger partial charge in [-0.3, -0.25) is 4.98 Å². The normalized spacial score (nSPS) is 21.1. The summed E-state index contributed by atoms with van der Waals surface area (Å²) in [6, 6.07) is 18.8. The molecule has 1 aliphatic rings. The fraction of sp³-hybridized carbons (Fsp3) is 0.211. The quantitative estimate of drug-likeness (QED) is 0.803. The molecule has 3 nitrogen and oxygen atoms in total. The van der Waals surface area contributed by atoms with Crippen LogP contribution in [0.4, 0.5) is 0 Å². The molecule has 0 aliphatic carbocycles. The van der Waals surface area contributed by atoms with Crippen molar-refractivity contribution in [2.75, 3.05) is 13.1 Å². The van der Waals surface area contributed by atoms with E-state index in [4.69, 9.17) is 4.74 Å². The van der Waals surface area contributed by atoms with Gasteiger partial charge in [-0.25, -0.2) is 0 Å². The molecule has 22 heavy (non-hydrogen) atoms. The summed E-state index contributed by atoms with van der Waals surface area (Å²) in [5.41, 5.74) is 1.33. The van der Waals surface area contributed by atoms with Gasteiger partial charge in [-0.05, 0) is 17.7 Å². The van der Waals surface area contributed by atoms with Crippen LogP contribution < -0.4 is 10.1 Å². The molecular weight excluding hydrogens is 272 g/mol. The maximum atomic E-state index is 6.37. The summed E-state index contributed by atoms with van der Waals surface area (Å²) < 4.78 is 6.37. The van der Waals surface area contributed by atoms with Gasteiger partial charge >= 0.3 is 0 Å². The van der Waals surface area contributed by atoms with Gasteiger partial charge in [0, 0.05) is 42.2 Å². The number of nitrogens with one attached hydrogen (secondary N) is 1. The minimum absolute atomic E-state index is 0.154. The zero-order valence-electron chi connectivity index (χ0n) is 12.3. The summed E-state index contributed by atoms with van der Waals surface area (Å²) in [4.78, 5) is 4.18. The highest BCUT2D eigenvalue weighted by atomic mass is 16.5. The minimum atomic E-state index is 0.154. The summed E-state index contributed by atoms with van der Waals surface area (Å²) in [6.45, 7) is 1.84. The van der Waals surface area contributed by atoms with Gasteiger partial charge in [-0.15, -0.1) is 0 Å². The van der Waals surface area contributed by atoms with Crippen LogP contribution in [0.5, 0.6) is 5.75 Å². The maximum absolute atomic E-state index is 6.37. The second-order valence-corrected chi connectivity index (χ2v) is 5.68. The van der Waals surface area contributed by atoms with Crippen molar-refractivity contribution in [1.82, 2.24) is 10.3 Å². The largest absolute Gasteiger partial charge is 0.488 e. The van der Waals surface area contributed by atoms with Crippen molar-refractivity contribution in [3.8, 4) is 5.75 Å². The van der Waals surface area contributed by atoms with Gasteiger partial charge in [0.25, 0.3) is 0 Å². The first kappa shape index (κ1) is 13.3. The Morgan fingerprint density at radius 3 is 2.77 bits per heavy atom. The third-order valence-corrected chi connectivity index (χ3v) is 4.31. The fourth-order valence-corrected chi connectivity index (χ4v) is 3.17. The molecule has 3 heteroatoms. The Balaban J connectivity index is 1.64. The number of hydrogen-bond acceptors (Lipinski definition) is 3. The molecule has 0 saturated carbocycles. The molecule has 0 spiro atoms. The number of benzene rings is 2. The number of hydrogen-bond donors (Lipinski definition) is 1. The smallest absolute Gasteiger partial charge is 0.127 e. The van der Waals surface area contributed by atoms with E-state index in [9.17, 15) is 0 Å². The first-order valence-electron chi connectivity index (χ1n) is 7.67. The number of nitrogens with zero attached hydrogens (tertiary/aromatic N) is 1. The van der Waals surface area contributed by atoms with Gasteiger partial charge < -0.3 is 10.1 Å². The first-order valence-corrected chi connectivity index (χ1v) is 7.67. The van der Waals surface area contributed by atoms with Crippen LogP contribution >= 0.6 is 0 Å². The van der Waals surface area contributed by atoms with Crippen molar-refractivity contribution >= 4 is 10.8 Å². The van der Waals surface area contributed by atoms with E-state index in [1.54, 1.807) is 0 Å². The molecule has 1 saturated heterocycles. The zero-order valence-corrected chi connectivity index (χ0v) is 12.3. The number of fused-ring (bicyclic) bond motifs is 1. The van der Waals surface area contributed by atoms with Crippen LogP contribution in [0.1, 0.15) is 11.5 Å². The summed E-state index contributed by atoms with van der Waals surface area (Å²) >= 11 is 0. The molecule has 0 radical (unpaired) electrons. The van der Waals surface area contributed by atoms with Gasteiger partial charge in [-0.2, -0.15) is 0 Å². The third-order valence-electron chi connectivity index (χ3n) is 4.31. The third kappa shape index (κ3) is 2.44. The fourth-order valence-electron chi connectivity index (χ4n) is 3.17. The summed E-state index contributed by atoms with van der Waals surface area (Å²) in [5, 5.41) is 5.69. The second-order valence-electron chi connectivity index (χ2n) is 5.68. The lowest BCUT2D eigenvalue weighted by atomic mass is 9.96. The molecule has 2 heterocycles. The lowest BCUT2D eigenvalue weighted by Crippen LogP contribution is -2.24. The molecule has 2 atom stereocenters. The molecule has 2 aromatic carbocycles. The second kappa shape index (κ2) is 5.78. The monoisotopic (exact) mass is 290 g/mol. The van der Waals surface area contributed by atoms with E-state index in [-0.39, 0.29) is 6.10 Å². The van der Waals surface area contributed by atoms with Crippen LogP contribution in [0.3, 0.4) is 0 Å². The number of pyridine rings is 1. The predicted molar refractivity (Wildman–Crippen MR) is 88.2 cm³/mol. The molecule has 1 aliphatic heterocycles. The molecule has 4 rings (SSSR count). The van der Waals surface area contributed by atoms with Gasteiger partial charge in [0.05, 0.1) is 0 Å². The van der Waals surface area contributed by atoms with Crippen molar-refractivity contribution in [2.24, 2.45) is 0 Å². The van der Waals surface area contributed by atoms with Gasteiger partial charge in [-0.1, -0.05) is 42.5 Å². The molecule has 1 aromatic heterocycles. The van der Waals surface area contributed by atoms with E-state index >= 15 is 0 Å². The van der Waals surface area contributed by atoms with Crippen LogP contribution in [0.25, 0.3) is 10.8 Å². The van der Waals surface area contributed by atoms with Crippen molar-refractivity contribution in [2.45, 2.75) is 12.0 Å². The van der Waals surface area contributed by atoms with Crippen LogP contribution in [0, 0.1) is 0 Å². The molecular formula is C19H18N2O. The van der Waals surface area contributed by atoms with Crippen molar-refractivity contribution in [3.05, 3.63) is 72.6 Å². The van der Waals surface area contributed by atoms with Crippen LogP contribution in [0.15, 0.2) is 67.0 Å². The van der Waals surface area contributed by atoms with Crippen LogP contribution in [0.2, 0.25) is 0 Å². The minimum Gasteiger partial charge on any atom is -0.488 e. The molecule has 0 amide bonds. The van der Waals surface area contributed by atoms with Gasteiger partial charge in [0.1, 0.15) is 11.9 Å². The summed E-state index contributed by atoms with van der Waals surface area (Å²) in [5.74, 6) is 1.33. The van der Waals surface area contributed by atoms with E-state index in [1.165, 1.54) is 5.56 Å². The highest BCUT2D eigenvalue weighted by Gasteiger charge is 2.30. The Morgan fingerprint density at radius 2 is 1.86 bits per heavy atom. The van der Waals surface area contributed by atoms with Crippen molar-refractivity contribution < 1.29 is 4.74 Å². The number of rotatable bonds is 3. The Bertz CT molecular complexity index is 767. The van der Waals surface area contributed by atoms with E-state index in [2.05, 4.69) is 46.7 Å². The van der Waals surface area contributed by atoms with E-state index in [1.807, 2.05) is 30.6 Å². The average Bonchev–Trinajstić information content (AvgIpc) is 3.04. The lowest BCUT2D eigenvalue weighted by Gasteiger charge is -2.21. The Morgan fingerprint density at radius 1 is 0.955 bits per heavy atom. The highest BCUT2D eigenvalue weighted by Crippen LogP contribution is 2.30. The molecule has 110 valence electrons. The summed E-state index contributed by atoms with van der Waals surface area (Å²) in [7, 11) is 0. The molecule has 3 aromatic rings. The predicted octanol–water partition coefficient (Wildman–Crippen LogP) is 3.37. The number of aromatic nitrogens is 1. The van der Waals surface area contributed by atoms with E-state index < -0.39 is 0 Å². The average molecular weight is 290 g/mol. The zero-order chi connectivity index (χ0) is 14.8. The van der Waals surface area contributed by atoms with Crippen molar-refractivity contribution in [3.63, 3.8) is 0 Å². The molecule has 2 unspecified atom stereocenters. The van der Waals surface area contributed by atoms with Crippen LogP contribution in [-0.4, -0.2) is 24.2 Å². The first-order chi connectivity index (χ1) is 10.9. The van der Waals surface area contributed by atoms with E-state index in [0.29, 0.717) is 5.92 Å². The number of ether oxygens (including phenoxy) is 1. The van der Waals surface area contributed by atoms with Gasteiger partial charge in [0.15, 0.2) is 0 Å². The SMILES string of the molecule is c1ccc(C2CNCC2Oc2cccc3cnccc23)cc1. The topological polar surface area (TPSA) is 34.1 Å². The standard InChI is InChI=1S/C19H18N2O/c1-2-5-14(6-3-1)17-12-21-13-19(17)22-18-8-4-7-15-11-20-10-9-16(15)18/h1-11,17,19,21H,12-13H2. The molecule has 1 fully saturated rings. The highest BCUT2D eigenvalue weighted by molar-refractivity contribution is 5.87. The molecule has 1 N–H and O–H groups in total. The van der Waals surface area contributed by atoms with Crippen molar-refractivity contribution in [1.29, 1.82) is 0 Å². The van der Waals surface area contributed by atoms with E-state index in [0.717, 1.165) is 29.6 Å². The summed E-state index contributed by atoms with van der Waals surface area (Å²) in [6.07, 6.45) is 3.85. The Labute approximate surface area is 130 Å². The Kier molecular flexibility index (Phi) is 3.49. The Hall–Kier alpha value is -2.39. The maximum Gasteiger partial charge on any atom is 0.127 e. The van der Waals surface area contributed by atoms with Crippen LogP contribution in [-0.2, 0) is 0 Å². The molecule has 0 bridgehead atoms.